The van der Waals surface area contributed by atoms with Crippen LogP contribution in [-0.4, -0.2) is 64.7 Å². The fourth-order valence-corrected chi connectivity index (χ4v) is 2.63. The van der Waals surface area contributed by atoms with Gasteiger partial charge in [0.25, 0.3) is 0 Å². The fourth-order valence-electron chi connectivity index (χ4n) is 2.63. The first-order valence-corrected chi connectivity index (χ1v) is 9.48. The molecule has 166 valence electrons. The Labute approximate surface area is 174 Å². The number of aliphatic carboxylic acids is 1. The fraction of sp³-hybridized carbons (Fsp3) is 0.474. The number of amides is 2. The average molecular weight is 422 g/mol. The van der Waals surface area contributed by atoms with Gasteiger partial charge in [-0.3, -0.25) is 14.6 Å². The summed E-state index contributed by atoms with van der Waals surface area (Å²) in [5.74, 6) is -2.79. The second-order valence-electron chi connectivity index (χ2n) is 6.87. The summed E-state index contributed by atoms with van der Waals surface area (Å²) in [6.07, 6.45) is -0.528. The van der Waals surface area contributed by atoms with Gasteiger partial charge in [0.1, 0.15) is 12.1 Å². The maximum absolute atomic E-state index is 12.5. The normalized spacial score (nSPS) is 14.6. The molecule has 0 heterocycles. The van der Waals surface area contributed by atoms with Crippen LogP contribution in [-0.2, 0) is 20.8 Å². The molecule has 0 unspecified atom stereocenters. The van der Waals surface area contributed by atoms with Crippen molar-refractivity contribution in [3.05, 3.63) is 35.9 Å². The molecule has 0 radical (unpaired) electrons. The molecule has 0 aromatic heterocycles. The Hall–Kier alpha value is -3.18. The number of carboxylic acids is 1. The molecular formula is C19H30N6O5. The van der Waals surface area contributed by atoms with E-state index in [1.807, 2.05) is 0 Å². The van der Waals surface area contributed by atoms with E-state index in [1.165, 1.54) is 6.92 Å². The number of nitrogens with zero attached hydrogens (tertiary/aromatic N) is 1. The molecule has 1 aromatic carbocycles. The van der Waals surface area contributed by atoms with Crippen molar-refractivity contribution in [1.29, 1.82) is 0 Å². The van der Waals surface area contributed by atoms with Crippen LogP contribution in [0.4, 0.5) is 0 Å². The summed E-state index contributed by atoms with van der Waals surface area (Å²) < 4.78 is 0. The van der Waals surface area contributed by atoms with Crippen molar-refractivity contribution in [1.82, 2.24) is 10.6 Å². The summed E-state index contributed by atoms with van der Waals surface area (Å²) in [4.78, 5) is 40.1. The molecule has 0 aliphatic heterocycles. The van der Waals surface area contributed by atoms with Crippen molar-refractivity contribution in [2.24, 2.45) is 22.2 Å². The zero-order valence-electron chi connectivity index (χ0n) is 16.8. The molecule has 30 heavy (non-hydrogen) atoms. The van der Waals surface area contributed by atoms with Gasteiger partial charge in [0, 0.05) is 13.0 Å². The van der Waals surface area contributed by atoms with Gasteiger partial charge in [-0.2, -0.15) is 0 Å². The first kappa shape index (κ1) is 24.9. The largest absolute Gasteiger partial charge is 0.480 e. The van der Waals surface area contributed by atoms with Crippen molar-refractivity contribution in [3.63, 3.8) is 0 Å². The molecule has 0 spiro atoms. The van der Waals surface area contributed by atoms with E-state index in [-0.39, 0.29) is 18.8 Å². The molecule has 2 amide bonds. The van der Waals surface area contributed by atoms with Gasteiger partial charge in [-0.1, -0.05) is 30.3 Å². The van der Waals surface area contributed by atoms with E-state index in [9.17, 15) is 24.6 Å². The van der Waals surface area contributed by atoms with E-state index in [4.69, 9.17) is 17.2 Å². The maximum Gasteiger partial charge on any atom is 0.326 e. The smallest absolute Gasteiger partial charge is 0.326 e. The maximum atomic E-state index is 12.5. The Kier molecular flexibility index (Phi) is 10.3. The van der Waals surface area contributed by atoms with Gasteiger partial charge in [0.05, 0.1) is 12.1 Å². The lowest BCUT2D eigenvalue weighted by molar-refractivity contribution is -0.142. The van der Waals surface area contributed by atoms with Crippen LogP contribution in [0.25, 0.3) is 0 Å². The Morgan fingerprint density at radius 1 is 1.10 bits per heavy atom. The van der Waals surface area contributed by atoms with Crippen LogP contribution >= 0.6 is 0 Å². The number of hydrogen-bond acceptors (Lipinski definition) is 6. The number of aliphatic hydroxyl groups excluding tert-OH is 1. The number of carboxylic acid groups (broad SMARTS) is 1. The van der Waals surface area contributed by atoms with Crippen molar-refractivity contribution in [2.45, 2.75) is 50.4 Å². The number of aliphatic imine (C=N–C) groups is 1. The molecule has 0 aliphatic rings. The summed E-state index contributed by atoms with van der Waals surface area (Å²) >= 11 is 0. The van der Waals surface area contributed by atoms with Gasteiger partial charge in [-0.15, -0.1) is 0 Å². The summed E-state index contributed by atoms with van der Waals surface area (Å²) in [5.41, 5.74) is 16.9. The van der Waals surface area contributed by atoms with E-state index < -0.39 is 42.0 Å². The van der Waals surface area contributed by atoms with Crippen molar-refractivity contribution < 1.29 is 24.6 Å². The number of carbonyl (C=O) groups is 3. The minimum absolute atomic E-state index is 0.0483. The molecule has 11 nitrogen and oxygen atoms in total. The Morgan fingerprint density at radius 2 is 1.73 bits per heavy atom. The van der Waals surface area contributed by atoms with Gasteiger partial charge < -0.3 is 38.0 Å². The average Bonchev–Trinajstić information content (AvgIpc) is 2.68. The third kappa shape index (κ3) is 8.88. The Morgan fingerprint density at radius 3 is 2.27 bits per heavy atom. The first-order chi connectivity index (χ1) is 14.1. The number of benzene rings is 1. The van der Waals surface area contributed by atoms with Crippen molar-refractivity contribution >= 4 is 23.7 Å². The SMILES string of the molecule is C[C@@H](O)[C@H](NC(=O)[C@@H](N)CCCN=C(N)N)C(=O)N[C@@H](Cc1ccccc1)C(=O)O. The van der Waals surface area contributed by atoms with Crippen LogP contribution in [0.5, 0.6) is 0 Å². The molecule has 0 fully saturated rings. The second-order valence-corrected chi connectivity index (χ2v) is 6.87. The predicted molar refractivity (Wildman–Crippen MR) is 111 cm³/mol. The van der Waals surface area contributed by atoms with Gasteiger partial charge in [-0.05, 0) is 25.3 Å². The molecule has 10 N–H and O–H groups in total. The highest BCUT2D eigenvalue weighted by atomic mass is 16.4. The van der Waals surface area contributed by atoms with Gasteiger partial charge in [-0.25, -0.2) is 4.79 Å². The summed E-state index contributed by atoms with van der Waals surface area (Å²) in [5, 5.41) is 24.1. The minimum atomic E-state index is -1.36. The predicted octanol–water partition coefficient (Wildman–Crippen LogP) is -1.95. The highest BCUT2D eigenvalue weighted by molar-refractivity contribution is 5.92. The standard InChI is InChI=1S/C19H30N6O5/c1-11(26)15(25-16(27)13(20)8-5-9-23-19(21)22)17(28)24-14(18(29)30)10-12-6-3-2-4-7-12/h2-4,6-7,11,13-15,26H,5,8-10,20H2,1H3,(H,24,28)(H,25,27)(H,29,30)(H4,21,22,23)/t11-,13+,14+,15+/m1/s1. The monoisotopic (exact) mass is 422 g/mol. The van der Waals surface area contributed by atoms with Crippen molar-refractivity contribution in [3.8, 4) is 0 Å². The lowest BCUT2D eigenvalue weighted by atomic mass is 10.0. The number of nitrogens with two attached hydrogens (primary N) is 3. The van der Waals surface area contributed by atoms with Crippen LogP contribution in [0.15, 0.2) is 35.3 Å². The Bertz CT molecular complexity index is 736. The van der Waals surface area contributed by atoms with E-state index in [0.717, 1.165) is 0 Å². The summed E-state index contributed by atoms with van der Waals surface area (Å²) in [6.45, 7) is 1.60. The van der Waals surface area contributed by atoms with Crippen molar-refractivity contribution in [2.75, 3.05) is 6.54 Å². The molecular weight excluding hydrogens is 392 g/mol. The summed E-state index contributed by atoms with van der Waals surface area (Å²) in [6, 6.07) is 5.22. The lowest BCUT2D eigenvalue weighted by Gasteiger charge is -2.24. The number of hydrogen-bond donors (Lipinski definition) is 7. The highest BCUT2D eigenvalue weighted by Gasteiger charge is 2.30. The van der Waals surface area contributed by atoms with Gasteiger partial charge >= 0.3 is 5.97 Å². The van der Waals surface area contributed by atoms with E-state index in [0.29, 0.717) is 18.5 Å². The molecule has 0 saturated carbocycles. The quantitative estimate of drug-likeness (QED) is 0.114. The van der Waals surface area contributed by atoms with Gasteiger partial charge in [0.2, 0.25) is 11.8 Å². The molecule has 4 atom stereocenters. The van der Waals surface area contributed by atoms with E-state index in [1.54, 1.807) is 30.3 Å². The molecule has 1 rings (SSSR count). The molecule has 0 aliphatic carbocycles. The van der Waals surface area contributed by atoms with Gasteiger partial charge in [0.15, 0.2) is 5.96 Å². The number of aliphatic hydroxyl groups is 1. The lowest BCUT2D eigenvalue weighted by Crippen LogP contribution is -2.58. The van der Waals surface area contributed by atoms with Crippen LogP contribution < -0.4 is 27.8 Å². The zero-order valence-corrected chi connectivity index (χ0v) is 16.8. The number of carbonyl (C=O) groups excluding carboxylic acids is 2. The Balaban J connectivity index is 2.70. The summed E-state index contributed by atoms with van der Waals surface area (Å²) in [7, 11) is 0. The number of nitrogens with one attached hydrogen (secondary N) is 2. The van der Waals surface area contributed by atoms with Crippen LogP contribution in [0.3, 0.4) is 0 Å². The number of rotatable bonds is 12. The van der Waals surface area contributed by atoms with Crippen LogP contribution in [0.2, 0.25) is 0 Å². The number of guanidine groups is 1. The zero-order chi connectivity index (χ0) is 22.7. The second kappa shape index (κ2) is 12.4. The minimum Gasteiger partial charge on any atom is -0.480 e. The molecule has 0 bridgehead atoms. The molecule has 11 heteroatoms. The molecule has 0 saturated heterocycles. The van der Waals surface area contributed by atoms with E-state index in [2.05, 4.69) is 15.6 Å². The first-order valence-electron chi connectivity index (χ1n) is 9.48. The van der Waals surface area contributed by atoms with E-state index >= 15 is 0 Å². The molecule has 1 aromatic rings. The van der Waals surface area contributed by atoms with Crippen LogP contribution in [0, 0.1) is 0 Å². The highest BCUT2D eigenvalue weighted by Crippen LogP contribution is 2.05. The topological polar surface area (TPSA) is 206 Å². The third-order valence-corrected chi connectivity index (χ3v) is 4.26. The third-order valence-electron chi connectivity index (χ3n) is 4.26. The van der Waals surface area contributed by atoms with Crippen LogP contribution in [0.1, 0.15) is 25.3 Å².